The highest BCUT2D eigenvalue weighted by Crippen LogP contribution is 2.10. The lowest BCUT2D eigenvalue weighted by Crippen LogP contribution is -2.42. The van der Waals surface area contributed by atoms with Gasteiger partial charge in [0.1, 0.15) is 9.84 Å². The van der Waals surface area contributed by atoms with Crippen LogP contribution in [-0.4, -0.2) is 44.5 Å². The first-order chi connectivity index (χ1) is 9.30. The molecule has 0 radical (unpaired) electrons. The largest absolute Gasteiger partial charge is 0.354 e. The second-order valence-electron chi connectivity index (χ2n) is 4.74. The number of thiazole rings is 1. The summed E-state index contributed by atoms with van der Waals surface area (Å²) in [6.07, 6.45) is 3.64. The summed E-state index contributed by atoms with van der Waals surface area (Å²) >= 11 is 1.64. The molecular formula is C12H22N4O2S2. The lowest BCUT2D eigenvalue weighted by atomic mass is 10.3. The Kier molecular flexibility index (Phi) is 6.41. The van der Waals surface area contributed by atoms with Crippen LogP contribution in [0.4, 0.5) is 0 Å². The number of rotatable bonds is 6. The Morgan fingerprint density at radius 2 is 2.25 bits per heavy atom. The number of guanidine groups is 1. The molecule has 1 aromatic heterocycles. The topological polar surface area (TPSA) is 83.4 Å². The summed E-state index contributed by atoms with van der Waals surface area (Å²) in [5.41, 5.74) is 0. The van der Waals surface area contributed by atoms with Gasteiger partial charge in [0, 0.05) is 30.4 Å². The smallest absolute Gasteiger partial charge is 0.191 e. The molecule has 0 aliphatic heterocycles. The summed E-state index contributed by atoms with van der Waals surface area (Å²) in [7, 11) is -1.23. The number of hydrogen-bond donors (Lipinski definition) is 2. The Balaban J connectivity index is 2.39. The molecule has 1 aromatic rings. The molecule has 6 nitrogen and oxygen atoms in total. The SMILES string of the molecule is CN=C(NCc1cnc(C)s1)NC(C)CCS(C)(=O)=O. The molecule has 0 amide bonds. The van der Waals surface area contributed by atoms with Crippen LogP contribution in [0.25, 0.3) is 0 Å². The summed E-state index contributed by atoms with van der Waals surface area (Å²) in [4.78, 5) is 9.45. The Morgan fingerprint density at radius 3 is 2.75 bits per heavy atom. The molecule has 0 bridgehead atoms. The van der Waals surface area contributed by atoms with Crippen molar-refractivity contribution in [2.75, 3.05) is 19.1 Å². The number of sulfone groups is 1. The molecule has 2 N–H and O–H groups in total. The van der Waals surface area contributed by atoms with Crippen molar-refractivity contribution >= 4 is 27.1 Å². The minimum Gasteiger partial charge on any atom is -0.354 e. The molecule has 1 heterocycles. The highest BCUT2D eigenvalue weighted by atomic mass is 32.2. The fraction of sp³-hybridized carbons (Fsp3) is 0.667. The van der Waals surface area contributed by atoms with Crippen LogP contribution in [0.1, 0.15) is 23.2 Å². The average Bonchev–Trinajstić information content (AvgIpc) is 2.77. The van der Waals surface area contributed by atoms with Gasteiger partial charge in [-0.3, -0.25) is 4.99 Å². The third-order valence-corrected chi connectivity index (χ3v) is 4.52. The van der Waals surface area contributed by atoms with E-state index in [-0.39, 0.29) is 11.8 Å². The number of nitrogens with zero attached hydrogens (tertiary/aromatic N) is 2. The maximum atomic E-state index is 11.1. The molecule has 0 aliphatic rings. The van der Waals surface area contributed by atoms with Gasteiger partial charge in [-0.15, -0.1) is 11.3 Å². The van der Waals surface area contributed by atoms with Gasteiger partial charge in [0.25, 0.3) is 0 Å². The predicted octanol–water partition coefficient (Wildman–Crippen LogP) is 0.940. The van der Waals surface area contributed by atoms with E-state index in [1.165, 1.54) is 6.26 Å². The maximum absolute atomic E-state index is 11.1. The van der Waals surface area contributed by atoms with Crippen molar-refractivity contribution in [1.29, 1.82) is 0 Å². The van der Waals surface area contributed by atoms with Gasteiger partial charge in [0.2, 0.25) is 0 Å². The standard InChI is InChI=1S/C12H22N4O2S2/c1-9(5-6-20(4,17)18)16-12(13-3)15-8-11-7-14-10(2)19-11/h7,9H,5-6,8H2,1-4H3,(H2,13,15,16). The van der Waals surface area contributed by atoms with Crippen LogP contribution in [0.15, 0.2) is 11.2 Å². The monoisotopic (exact) mass is 318 g/mol. The highest BCUT2D eigenvalue weighted by molar-refractivity contribution is 7.90. The molecule has 1 atom stereocenters. The first kappa shape index (κ1) is 16.9. The Bertz CT molecular complexity index is 552. The van der Waals surface area contributed by atoms with E-state index in [0.29, 0.717) is 18.9 Å². The van der Waals surface area contributed by atoms with Crippen molar-refractivity contribution in [2.45, 2.75) is 32.9 Å². The van der Waals surface area contributed by atoms with Crippen molar-refractivity contribution in [1.82, 2.24) is 15.6 Å². The number of aliphatic imine (C=N–C) groups is 1. The fourth-order valence-corrected chi connectivity index (χ4v) is 3.07. The Labute approximate surface area is 124 Å². The molecule has 20 heavy (non-hydrogen) atoms. The van der Waals surface area contributed by atoms with Crippen molar-refractivity contribution in [3.05, 3.63) is 16.1 Å². The summed E-state index contributed by atoms with van der Waals surface area (Å²) in [5.74, 6) is 0.837. The van der Waals surface area contributed by atoms with Gasteiger partial charge in [0.05, 0.1) is 17.3 Å². The highest BCUT2D eigenvalue weighted by Gasteiger charge is 2.09. The lowest BCUT2D eigenvalue weighted by molar-refractivity contribution is 0.581. The second-order valence-corrected chi connectivity index (χ2v) is 8.31. The average molecular weight is 318 g/mol. The molecule has 1 rings (SSSR count). The molecular weight excluding hydrogens is 296 g/mol. The van der Waals surface area contributed by atoms with Crippen molar-refractivity contribution in [3.8, 4) is 0 Å². The van der Waals surface area contributed by atoms with Gasteiger partial charge in [0.15, 0.2) is 5.96 Å². The zero-order chi connectivity index (χ0) is 15.2. The van der Waals surface area contributed by atoms with E-state index >= 15 is 0 Å². The van der Waals surface area contributed by atoms with Crippen LogP contribution in [0.2, 0.25) is 0 Å². The van der Waals surface area contributed by atoms with Crippen LogP contribution in [0, 0.1) is 6.92 Å². The lowest BCUT2D eigenvalue weighted by Gasteiger charge is -2.17. The second kappa shape index (κ2) is 7.58. The number of hydrogen-bond acceptors (Lipinski definition) is 5. The van der Waals surface area contributed by atoms with Gasteiger partial charge < -0.3 is 10.6 Å². The molecule has 0 aliphatic carbocycles. The van der Waals surface area contributed by atoms with Crippen molar-refractivity contribution < 1.29 is 8.42 Å². The molecule has 0 aromatic carbocycles. The number of nitrogens with one attached hydrogen (secondary N) is 2. The quantitative estimate of drug-likeness (QED) is 0.602. The van der Waals surface area contributed by atoms with E-state index in [4.69, 9.17) is 0 Å². The van der Waals surface area contributed by atoms with E-state index in [1.807, 2.05) is 20.0 Å². The van der Waals surface area contributed by atoms with E-state index in [2.05, 4.69) is 20.6 Å². The molecule has 0 saturated heterocycles. The van der Waals surface area contributed by atoms with E-state index in [0.717, 1.165) is 9.88 Å². The minimum atomic E-state index is -2.92. The summed E-state index contributed by atoms with van der Waals surface area (Å²) in [6.45, 7) is 4.56. The van der Waals surface area contributed by atoms with Crippen LogP contribution in [-0.2, 0) is 16.4 Å². The molecule has 1 unspecified atom stereocenters. The van der Waals surface area contributed by atoms with Crippen LogP contribution in [0.5, 0.6) is 0 Å². The molecule has 8 heteroatoms. The van der Waals surface area contributed by atoms with Gasteiger partial charge in [-0.2, -0.15) is 0 Å². The van der Waals surface area contributed by atoms with Crippen LogP contribution in [0.3, 0.4) is 0 Å². The first-order valence-electron chi connectivity index (χ1n) is 6.36. The zero-order valence-corrected chi connectivity index (χ0v) is 13.9. The van der Waals surface area contributed by atoms with E-state index in [9.17, 15) is 8.42 Å². The normalized spacial score (nSPS) is 14.1. The zero-order valence-electron chi connectivity index (χ0n) is 12.3. The van der Waals surface area contributed by atoms with Crippen molar-refractivity contribution in [3.63, 3.8) is 0 Å². The summed E-state index contributed by atoms with van der Waals surface area (Å²) in [5, 5.41) is 7.40. The molecule has 0 spiro atoms. The first-order valence-corrected chi connectivity index (χ1v) is 9.24. The Morgan fingerprint density at radius 1 is 1.55 bits per heavy atom. The number of aryl methyl sites for hydroxylation is 1. The van der Waals surface area contributed by atoms with E-state index < -0.39 is 9.84 Å². The van der Waals surface area contributed by atoms with Crippen LogP contribution >= 0.6 is 11.3 Å². The number of aromatic nitrogens is 1. The third-order valence-electron chi connectivity index (χ3n) is 2.63. The van der Waals surface area contributed by atoms with Gasteiger partial charge in [-0.1, -0.05) is 0 Å². The minimum absolute atomic E-state index is 0.0409. The van der Waals surface area contributed by atoms with Crippen molar-refractivity contribution in [2.24, 2.45) is 4.99 Å². The van der Waals surface area contributed by atoms with Gasteiger partial charge >= 0.3 is 0 Å². The van der Waals surface area contributed by atoms with Gasteiger partial charge in [-0.05, 0) is 20.3 Å². The predicted molar refractivity (Wildman–Crippen MR) is 84.0 cm³/mol. The summed E-state index contributed by atoms with van der Waals surface area (Å²) in [6, 6.07) is 0.0409. The molecule has 0 saturated carbocycles. The summed E-state index contributed by atoms with van der Waals surface area (Å²) < 4.78 is 22.2. The molecule has 0 fully saturated rings. The maximum Gasteiger partial charge on any atom is 0.191 e. The van der Waals surface area contributed by atoms with Gasteiger partial charge in [-0.25, -0.2) is 13.4 Å². The van der Waals surface area contributed by atoms with E-state index in [1.54, 1.807) is 18.4 Å². The Hall–Kier alpha value is -1.15. The van der Waals surface area contributed by atoms with Crippen LogP contribution < -0.4 is 10.6 Å². The molecule has 114 valence electrons. The third kappa shape index (κ3) is 6.85. The fourth-order valence-electron chi connectivity index (χ4n) is 1.55.